The van der Waals surface area contributed by atoms with E-state index < -0.39 is 4.92 Å². The quantitative estimate of drug-likeness (QED) is 0.402. The molecule has 2 aromatic heterocycles. The van der Waals surface area contributed by atoms with E-state index in [2.05, 4.69) is 9.97 Å². The Morgan fingerprint density at radius 1 is 1.15 bits per heavy atom. The Labute approximate surface area is 155 Å². The van der Waals surface area contributed by atoms with E-state index in [1.807, 2.05) is 12.1 Å². The van der Waals surface area contributed by atoms with Gasteiger partial charge in [0.15, 0.2) is 11.5 Å². The second kappa shape index (κ2) is 6.69. The third-order valence-corrected chi connectivity index (χ3v) is 4.94. The van der Waals surface area contributed by atoms with Gasteiger partial charge < -0.3 is 9.52 Å². The lowest BCUT2D eigenvalue weighted by Crippen LogP contribution is -1.91. The molecule has 0 atom stereocenters. The van der Waals surface area contributed by atoms with E-state index in [0.29, 0.717) is 34.7 Å². The Morgan fingerprint density at radius 3 is 2.56 bits per heavy atom. The topological polar surface area (TPSA) is 122 Å². The molecule has 2 aromatic carbocycles. The number of aromatic nitrogens is 2. The molecule has 0 saturated carbocycles. The predicted octanol–water partition coefficient (Wildman–Crippen LogP) is 3.37. The number of fused-ring (bicyclic) bond motifs is 1. The summed E-state index contributed by atoms with van der Waals surface area (Å²) in [5.74, 6) is 0.397. The van der Waals surface area contributed by atoms with Crippen molar-refractivity contribution in [3.8, 4) is 5.88 Å². The van der Waals surface area contributed by atoms with Crippen LogP contribution in [0.3, 0.4) is 0 Å². The van der Waals surface area contributed by atoms with Crippen LogP contribution in [0.2, 0.25) is 0 Å². The predicted molar refractivity (Wildman–Crippen MR) is 99.3 cm³/mol. The molecule has 27 heavy (non-hydrogen) atoms. The molecule has 2 heterocycles. The number of non-ortho nitro benzene ring substituents is 1. The van der Waals surface area contributed by atoms with Crippen LogP contribution in [-0.2, 0) is 12.8 Å². The number of hydrogen-bond acceptors (Lipinski definition) is 7. The number of aromatic amines is 1. The van der Waals surface area contributed by atoms with Crippen molar-refractivity contribution in [2.24, 2.45) is 0 Å². The van der Waals surface area contributed by atoms with E-state index in [4.69, 9.17) is 4.42 Å². The van der Waals surface area contributed by atoms with Crippen molar-refractivity contribution in [2.45, 2.75) is 12.8 Å². The first-order valence-electron chi connectivity index (χ1n) is 8.00. The number of nitro groups is 1. The Kier molecular flexibility index (Phi) is 4.21. The van der Waals surface area contributed by atoms with E-state index in [9.17, 15) is 20.0 Å². The standard InChI is InChI=1S/C18H13N3O5S/c22-17-15(27-18(23)20-17)8-11-3-6-14-13(7-11)19-16(26-14)9-10-1-4-12(5-2-10)21(24)25/h1-7,22H,8-9H2,(H,20,23). The fraction of sp³-hybridized carbons (Fsp3) is 0.111. The first kappa shape index (κ1) is 17.0. The maximum atomic E-state index is 11.3. The van der Waals surface area contributed by atoms with Crippen LogP contribution in [0.1, 0.15) is 21.9 Å². The molecule has 0 radical (unpaired) electrons. The van der Waals surface area contributed by atoms with Gasteiger partial charge in [0.05, 0.1) is 9.80 Å². The maximum Gasteiger partial charge on any atom is 0.307 e. The molecule has 136 valence electrons. The molecule has 0 aliphatic carbocycles. The highest BCUT2D eigenvalue weighted by molar-refractivity contribution is 7.09. The van der Waals surface area contributed by atoms with Crippen LogP contribution in [-0.4, -0.2) is 20.0 Å². The minimum absolute atomic E-state index is 0.0382. The number of nitro benzene ring substituents is 1. The third kappa shape index (κ3) is 3.58. The SMILES string of the molecule is O=c1[nH]c(O)c(Cc2ccc3oc(Cc4ccc([N+](=O)[O-])cc4)nc3c2)s1. The van der Waals surface area contributed by atoms with E-state index >= 15 is 0 Å². The fourth-order valence-corrected chi connectivity index (χ4v) is 3.53. The average molecular weight is 383 g/mol. The zero-order chi connectivity index (χ0) is 19.0. The summed E-state index contributed by atoms with van der Waals surface area (Å²) in [5.41, 5.74) is 3.09. The normalized spacial score (nSPS) is 11.1. The molecule has 9 heteroatoms. The van der Waals surface area contributed by atoms with E-state index in [1.54, 1.807) is 18.2 Å². The first-order valence-corrected chi connectivity index (χ1v) is 8.82. The average Bonchev–Trinajstić information content (AvgIpc) is 3.17. The number of nitrogens with zero attached hydrogens (tertiary/aromatic N) is 2. The molecule has 4 aromatic rings. The summed E-state index contributed by atoms with van der Waals surface area (Å²) in [7, 11) is 0. The number of nitrogens with one attached hydrogen (secondary N) is 1. The van der Waals surface area contributed by atoms with Crippen molar-refractivity contribution < 1.29 is 14.4 Å². The van der Waals surface area contributed by atoms with E-state index in [1.165, 1.54) is 12.1 Å². The number of oxazole rings is 1. The summed E-state index contributed by atoms with van der Waals surface area (Å²) >= 11 is 0.972. The van der Waals surface area contributed by atoms with Crippen molar-refractivity contribution >= 4 is 28.1 Å². The first-order chi connectivity index (χ1) is 13.0. The lowest BCUT2D eigenvalue weighted by Gasteiger charge is -1.98. The van der Waals surface area contributed by atoms with Crippen LogP contribution in [0.15, 0.2) is 51.7 Å². The lowest BCUT2D eigenvalue weighted by molar-refractivity contribution is -0.384. The molecular formula is C18H13N3O5S. The van der Waals surface area contributed by atoms with Gasteiger partial charge in [0, 0.05) is 25.0 Å². The third-order valence-electron chi connectivity index (χ3n) is 4.06. The van der Waals surface area contributed by atoms with Gasteiger partial charge in [0.2, 0.25) is 5.88 Å². The molecular weight excluding hydrogens is 370 g/mol. The zero-order valence-corrected chi connectivity index (χ0v) is 14.7. The van der Waals surface area contributed by atoms with Gasteiger partial charge in [-0.3, -0.25) is 19.9 Å². The second-order valence-electron chi connectivity index (χ2n) is 5.97. The van der Waals surface area contributed by atoms with Gasteiger partial charge in [-0.05, 0) is 23.3 Å². The molecule has 0 aliphatic rings. The van der Waals surface area contributed by atoms with Gasteiger partial charge in [-0.25, -0.2) is 4.98 Å². The van der Waals surface area contributed by atoms with Crippen LogP contribution in [0.4, 0.5) is 5.69 Å². The van der Waals surface area contributed by atoms with Gasteiger partial charge in [-0.2, -0.15) is 0 Å². The van der Waals surface area contributed by atoms with Crippen molar-refractivity contribution in [3.63, 3.8) is 0 Å². The Balaban J connectivity index is 1.56. The zero-order valence-electron chi connectivity index (χ0n) is 13.8. The van der Waals surface area contributed by atoms with E-state index in [0.717, 1.165) is 22.5 Å². The van der Waals surface area contributed by atoms with Crippen LogP contribution in [0, 0.1) is 10.1 Å². The summed E-state index contributed by atoms with van der Waals surface area (Å²) in [6.07, 6.45) is 0.831. The van der Waals surface area contributed by atoms with Gasteiger partial charge >= 0.3 is 4.87 Å². The molecule has 0 aliphatic heterocycles. The fourth-order valence-electron chi connectivity index (χ4n) is 2.77. The van der Waals surface area contributed by atoms with Crippen LogP contribution in [0.25, 0.3) is 11.1 Å². The summed E-state index contributed by atoms with van der Waals surface area (Å²) in [5, 5.41) is 20.4. The largest absolute Gasteiger partial charge is 0.494 e. The summed E-state index contributed by atoms with van der Waals surface area (Å²) in [6, 6.07) is 11.7. The highest BCUT2D eigenvalue weighted by Gasteiger charge is 2.12. The number of H-pyrrole nitrogens is 1. The number of aromatic hydroxyl groups is 1. The van der Waals surface area contributed by atoms with Crippen LogP contribution >= 0.6 is 11.3 Å². The van der Waals surface area contributed by atoms with Crippen molar-refractivity contribution in [1.29, 1.82) is 0 Å². The molecule has 0 bridgehead atoms. The Hall–Kier alpha value is -3.46. The summed E-state index contributed by atoms with van der Waals surface area (Å²) in [4.78, 5) is 28.6. The van der Waals surface area contributed by atoms with Crippen molar-refractivity contribution in [1.82, 2.24) is 9.97 Å². The van der Waals surface area contributed by atoms with Crippen LogP contribution < -0.4 is 4.87 Å². The van der Waals surface area contributed by atoms with Gasteiger partial charge in [0.1, 0.15) is 5.52 Å². The van der Waals surface area contributed by atoms with E-state index in [-0.39, 0.29) is 16.4 Å². The Morgan fingerprint density at radius 2 is 1.89 bits per heavy atom. The number of benzene rings is 2. The highest BCUT2D eigenvalue weighted by Crippen LogP contribution is 2.24. The summed E-state index contributed by atoms with van der Waals surface area (Å²) < 4.78 is 5.73. The summed E-state index contributed by atoms with van der Waals surface area (Å²) in [6.45, 7) is 0. The molecule has 0 fully saturated rings. The minimum atomic E-state index is -0.441. The van der Waals surface area contributed by atoms with Gasteiger partial charge in [-0.1, -0.05) is 29.5 Å². The monoisotopic (exact) mass is 383 g/mol. The molecule has 8 nitrogen and oxygen atoms in total. The Bertz CT molecular complexity index is 1190. The number of rotatable bonds is 5. The number of hydrogen-bond donors (Lipinski definition) is 2. The highest BCUT2D eigenvalue weighted by atomic mass is 32.1. The number of thiazole rings is 1. The molecule has 2 N–H and O–H groups in total. The van der Waals surface area contributed by atoms with Crippen LogP contribution in [0.5, 0.6) is 5.88 Å². The molecule has 0 saturated heterocycles. The van der Waals surface area contributed by atoms with Gasteiger partial charge in [-0.15, -0.1) is 0 Å². The van der Waals surface area contributed by atoms with Gasteiger partial charge in [0.25, 0.3) is 5.69 Å². The second-order valence-corrected chi connectivity index (χ2v) is 7.04. The molecule has 4 rings (SSSR count). The molecule has 0 spiro atoms. The van der Waals surface area contributed by atoms with Crippen molar-refractivity contribution in [3.05, 3.63) is 84.1 Å². The van der Waals surface area contributed by atoms with Crippen molar-refractivity contribution in [2.75, 3.05) is 0 Å². The minimum Gasteiger partial charge on any atom is -0.494 e. The maximum absolute atomic E-state index is 11.3. The lowest BCUT2D eigenvalue weighted by atomic mass is 10.1. The molecule has 0 amide bonds. The smallest absolute Gasteiger partial charge is 0.307 e. The molecule has 0 unspecified atom stereocenters.